The van der Waals surface area contributed by atoms with Crippen LogP contribution in [0, 0.1) is 0 Å². The highest BCUT2D eigenvalue weighted by Gasteiger charge is 2.22. The van der Waals surface area contributed by atoms with Gasteiger partial charge in [0.2, 0.25) is 0 Å². The number of alkyl halides is 2. The summed E-state index contributed by atoms with van der Waals surface area (Å²) in [4.78, 5) is 16.6. The molecule has 0 spiro atoms. The van der Waals surface area contributed by atoms with Crippen LogP contribution < -0.4 is 10.6 Å². The third-order valence-corrected chi connectivity index (χ3v) is 3.78. The van der Waals surface area contributed by atoms with Crippen molar-refractivity contribution < 1.29 is 13.6 Å². The molecule has 0 unspecified atom stereocenters. The molecule has 0 atom stereocenters. The molecule has 1 fully saturated rings. The fourth-order valence-corrected chi connectivity index (χ4v) is 2.50. The maximum Gasteiger partial charge on any atom is 0.267 e. The number of nitrogens with one attached hydrogen (secondary N) is 2. The molecule has 0 radical (unpaired) electrons. The van der Waals surface area contributed by atoms with Gasteiger partial charge in [-0.3, -0.25) is 9.48 Å². The van der Waals surface area contributed by atoms with Gasteiger partial charge in [-0.25, -0.2) is 13.8 Å². The minimum atomic E-state index is -2.48. The molecule has 2 heterocycles. The zero-order chi connectivity index (χ0) is 14.8. The van der Waals surface area contributed by atoms with Gasteiger partial charge in [-0.15, -0.1) is 0 Å². The summed E-state index contributed by atoms with van der Waals surface area (Å²) in [5, 5.41) is 10.3. The van der Waals surface area contributed by atoms with Crippen LogP contribution in [0.4, 0.5) is 19.6 Å². The van der Waals surface area contributed by atoms with E-state index in [0.717, 1.165) is 22.7 Å². The van der Waals surface area contributed by atoms with E-state index in [1.165, 1.54) is 29.9 Å². The molecule has 1 aliphatic carbocycles. The van der Waals surface area contributed by atoms with Crippen molar-refractivity contribution in [2.24, 2.45) is 0 Å². The Morgan fingerprint density at radius 1 is 1.48 bits per heavy atom. The number of rotatable bonds is 6. The third-order valence-electron chi connectivity index (χ3n) is 2.85. The fraction of sp³-hybridized carbons (Fsp3) is 0.417. The van der Waals surface area contributed by atoms with E-state index in [4.69, 9.17) is 0 Å². The van der Waals surface area contributed by atoms with E-state index in [2.05, 4.69) is 20.7 Å². The van der Waals surface area contributed by atoms with E-state index in [-0.39, 0.29) is 5.91 Å². The number of hydrogen-bond donors (Lipinski definition) is 2. The van der Waals surface area contributed by atoms with Crippen molar-refractivity contribution in [2.45, 2.75) is 31.9 Å². The van der Waals surface area contributed by atoms with Crippen LogP contribution in [-0.4, -0.2) is 33.1 Å². The first-order chi connectivity index (χ1) is 10.1. The van der Waals surface area contributed by atoms with E-state index in [9.17, 15) is 13.6 Å². The van der Waals surface area contributed by atoms with Crippen LogP contribution in [-0.2, 0) is 6.54 Å². The third kappa shape index (κ3) is 3.75. The lowest BCUT2D eigenvalue weighted by Crippen LogP contribution is -2.10. The van der Waals surface area contributed by atoms with Crippen LogP contribution in [0.15, 0.2) is 18.6 Å². The maximum absolute atomic E-state index is 12.2. The van der Waals surface area contributed by atoms with Gasteiger partial charge in [0.1, 0.15) is 11.4 Å². The first-order valence-electron chi connectivity index (χ1n) is 6.44. The molecule has 9 heteroatoms. The van der Waals surface area contributed by atoms with Crippen LogP contribution in [0.5, 0.6) is 0 Å². The second-order valence-electron chi connectivity index (χ2n) is 4.74. The quantitative estimate of drug-likeness (QED) is 0.859. The van der Waals surface area contributed by atoms with Crippen LogP contribution >= 0.6 is 11.3 Å². The summed E-state index contributed by atoms with van der Waals surface area (Å²) >= 11 is 1.26. The number of carbonyl (C=O) groups excluding carboxylic acids is 1. The fourth-order valence-electron chi connectivity index (χ4n) is 1.71. The Bertz CT molecular complexity index is 637. The number of thiazole rings is 1. The van der Waals surface area contributed by atoms with Gasteiger partial charge in [0.25, 0.3) is 12.3 Å². The number of aromatic nitrogens is 3. The van der Waals surface area contributed by atoms with Gasteiger partial charge in [0, 0.05) is 12.2 Å². The second-order valence-corrected chi connectivity index (χ2v) is 5.78. The molecule has 0 saturated heterocycles. The van der Waals surface area contributed by atoms with E-state index < -0.39 is 13.0 Å². The Balaban J connectivity index is 1.59. The number of anilines is 2. The van der Waals surface area contributed by atoms with Gasteiger partial charge >= 0.3 is 0 Å². The van der Waals surface area contributed by atoms with Gasteiger partial charge in [0.05, 0.1) is 18.1 Å². The van der Waals surface area contributed by atoms with E-state index in [0.29, 0.717) is 16.6 Å². The molecule has 0 aliphatic heterocycles. The molecule has 2 aromatic rings. The number of carbonyl (C=O) groups is 1. The number of halogens is 2. The summed E-state index contributed by atoms with van der Waals surface area (Å²) < 4.78 is 25.5. The minimum Gasteiger partial charge on any atom is -0.359 e. The summed E-state index contributed by atoms with van der Waals surface area (Å²) in [6.45, 7) is -0.494. The van der Waals surface area contributed by atoms with Crippen molar-refractivity contribution in [3.8, 4) is 0 Å². The summed E-state index contributed by atoms with van der Waals surface area (Å²) in [6.07, 6.45) is 3.98. The molecular weight excluding hydrogens is 300 g/mol. The summed E-state index contributed by atoms with van der Waals surface area (Å²) in [5.74, 6) is -0.326. The molecule has 3 rings (SSSR count). The van der Waals surface area contributed by atoms with Crippen molar-refractivity contribution in [1.82, 2.24) is 14.8 Å². The zero-order valence-electron chi connectivity index (χ0n) is 10.9. The van der Waals surface area contributed by atoms with Crippen LogP contribution in [0.3, 0.4) is 0 Å². The molecule has 1 amide bonds. The standard InChI is InChI=1S/C12H13F2N5OS/c13-10(14)6-19-5-8(3-16-19)17-11(20)9-4-15-12(21-9)18-7-1-2-7/h3-5,7,10H,1-2,6H2,(H,15,18)(H,17,20). The Labute approximate surface area is 123 Å². The summed E-state index contributed by atoms with van der Waals surface area (Å²) in [6, 6.07) is 0.472. The predicted molar refractivity (Wildman–Crippen MR) is 74.9 cm³/mol. The van der Waals surface area contributed by atoms with Crippen molar-refractivity contribution in [2.75, 3.05) is 10.6 Å². The van der Waals surface area contributed by atoms with Crippen molar-refractivity contribution >= 4 is 28.1 Å². The SMILES string of the molecule is O=C(Nc1cnn(CC(F)F)c1)c1cnc(NC2CC2)s1. The zero-order valence-corrected chi connectivity index (χ0v) is 11.7. The molecule has 6 nitrogen and oxygen atoms in total. The normalized spacial score (nSPS) is 14.4. The second kappa shape index (κ2) is 5.76. The molecule has 2 aromatic heterocycles. The van der Waals surface area contributed by atoms with E-state index >= 15 is 0 Å². The van der Waals surface area contributed by atoms with Gasteiger partial charge in [-0.1, -0.05) is 11.3 Å². The monoisotopic (exact) mass is 313 g/mol. The first kappa shape index (κ1) is 13.9. The Morgan fingerprint density at radius 2 is 2.29 bits per heavy atom. The highest BCUT2D eigenvalue weighted by molar-refractivity contribution is 7.17. The molecule has 21 heavy (non-hydrogen) atoms. The maximum atomic E-state index is 12.2. The summed E-state index contributed by atoms with van der Waals surface area (Å²) in [5.41, 5.74) is 0.380. The first-order valence-corrected chi connectivity index (χ1v) is 7.26. The Kier molecular flexibility index (Phi) is 3.82. The van der Waals surface area contributed by atoms with E-state index in [1.54, 1.807) is 0 Å². The van der Waals surface area contributed by atoms with Crippen LogP contribution in [0.1, 0.15) is 22.5 Å². The molecule has 1 saturated carbocycles. The molecule has 2 N–H and O–H groups in total. The topological polar surface area (TPSA) is 71.8 Å². The summed E-state index contributed by atoms with van der Waals surface area (Å²) in [7, 11) is 0. The van der Waals surface area contributed by atoms with Gasteiger partial charge in [0.15, 0.2) is 5.13 Å². The van der Waals surface area contributed by atoms with Crippen LogP contribution in [0.25, 0.3) is 0 Å². The van der Waals surface area contributed by atoms with Gasteiger partial charge in [-0.05, 0) is 12.8 Å². The van der Waals surface area contributed by atoms with Crippen LogP contribution in [0.2, 0.25) is 0 Å². The Morgan fingerprint density at radius 3 is 3.00 bits per heavy atom. The largest absolute Gasteiger partial charge is 0.359 e. The van der Waals surface area contributed by atoms with E-state index in [1.807, 2.05) is 0 Å². The molecule has 0 aromatic carbocycles. The highest BCUT2D eigenvalue weighted by atomic mass is 32.1. The highest BCUT2D eigenvalue weighted by Crippen LogP contribution is 2.27. The molecular formula is C12H13F2N5OS. The average molecular weight is 313 g/mol. The lowest BCUT2D eigenvalue weighted by molar-refractivity contribution is 0.103. The molecule has 1 aliphatic rings. The van der Waals surface area contributed by atoms with Gasteiger partial charge in [-0.2, -0.15) is 5.10 Å². The number of hydrogen-bond acceptors (Lipinski definition) is 5. The smallest absolute Gasteiger partial charge is 0.267 e. The predicted octanol–water partition coefficient (Wildman–Crippen LogP) is 2.43. The number of amides is 1. The number of nitrogens with zero attached hydrogens (tertiary/aromatic N) is 3. The lowest BCUT2D eigenvalue weighted by atomic mass is 10.4. The minimum absolute atomic E-state index is 0.326. The lowest BCUT2D eigenvalue weighted by Gasteiger charge is -2.00. The van der Waals surface area contributed by atoms with Crippen molar-refractivity contribution in [1.29, 1.82) is 0 Å². The Hall–Kier alpha value is -2.03. The molecule has 112 valence electrons. The van der Waals surface area contributed by atoms with Gasteiger partial charge < -0.3 is 10.6 Å². The van der Waals surface area contributed by atoms with Crippen molar-refractivity contribution in [3.63, 3.8) is 0 Å². The molecule has 0 bridgehead atoms. The average Bonchev–Trinajstić information content (AvgIpc) is 2.92. The van der Waals surface area contributed by atoms with Crippen molar-refractivity contribution in [3.05, 3.63) is 23.5 Å².